The zero-order valence-corrected chi connectivity index (χ0v) is 15.3. The summed E-state index contributed by atoms with van der Waals surface area (Å²) in [5, 5.41) is 17.6. The number of carbonyl (C=O) groups excluding carboxylic acids is 2. The molecule has 0 rings (SSSR count). The normalized spacial score (nSPS) is 13.6. The fraction of sp³-hybridized carbons (Fsp3) is 0.857. The van der Waals surface area contributed by atoms with Crippen LogP contribution in [0.4, 0.5) is 0 Å². The van der Waals surface area contributed by atoms with Gasteiger partial charge in [0.25, 0.3) is 0 Å². The standard InChI is InChI=1S/C14H29N3O3S2/c1-4-7-17-14(20)12(16-3)10-22-21-9-11(15-2)13(19)6-5-8-18/h11-12,15-16,18H,4-10H2,1-3H3,(H,17,20)/t11-,12-/m0/s1. The van der Waals surface area contributed by atoms with Crippen molar-refractivity contribution in [2.45, 2.75) is 38.3 Å². The van der Waals surface area contributed by atoms with E-state index in [1.807, 2.05) is 6.92 Å². The SMILES string of the molecule is CCCNC(=O)[C@H](CSSC[C@H](NC)C(=O)CCCO)NC. The number of hydrogen-bond donors (Lipinski definition) is 4. The van der Waals surface area contributed by atoms with Gasteiger partial charge in [0, 0.05) is 31.1 Å². The van der Waals surface area contributed by atoms with Gasteiger partial charge in [-0.05, 0) is 26.9 Å². The van der Waals surface area contributed by atoms with Gasteiger partial charge in [-0.2, -0.15) is 0 Å². The molecule has 4 N–H and O–H groups in total. The first-order valence-corrected chi connectivity index (χ1v) is 10.1. The smallest absolute Gasteiger partial charge is 0.238 e. The minimum Gasteiger partial charge on any atom is -0.396 e. The second-order valence-electron chi connectivity index (χ2n) is 4.84. The van der Waals surface area contributed by atoms with Crippen molar-refractivity contribution in [3.63, 3.8) is 0 Å². The number of Topliss-reactive ketones (excluding diaryl/α,β-unsaturated/α-hetero) is 1. The van der Waals surface area contributed by atoms with Crippen LogP contribution in [0, 0.1) is 0 Å². The van der Waals surface area contributed by atoms with Gasteiger partial charge in [-0.3, -0.25) is 9.59 Å². The molecule has 0 aliphatic carbocycles. The van der Waals surface area contributed by atoms with Gasteiger partial charge >= 0.3 is 0 Å². The molecular weight excluding hydrogens is 322 g/mol. The van der Waals surface area contributed by atoms with E-state index in [2.05, 4.69) is 16.0 Å². The van der Waals surface area contributed by atoms with E-state index in [1.165, 1.54) is 0 Å². The summed E-state index contributed by atoms with van der Waals surface area (Å²) in [7, 11) is 6.71. The molecule has 0 aliphatic rings. The Kier molecular flexibility index (Phi) is 14.1. The van der Waals surface area contributed by atoms with Gasteiger partial charge < -0.3 is 21.1 Å². The first-order valence-electron chi connectivity index (χ1n) is 7.60. The summed E-state index contributed by atoms with van der Waals surface area (Å²) in [6.07, 6.45) is 1.82. The summed E-state index contributed by atoms with van der Waals surface area (Å²) in [4.78, 5) is 23.7. The molecule has 0 aromatic carbocycles. The molecule has 6 nitrogen and oxygen atoms in total. The Hall–Kier alpha value is -0.280. The van der Waals surface area contributed by atoms with Crippen LogP contribution in [0.25, 0.3) is 0 Å². The van der Waals surface area contributed by atoms with Crippen molar-refractivity contribution in [3.8, 4) is 0 Å². The average molecular weight is 352 g/mol. The Labute approximate surface area is 141 Å². The molecule has 0 fully saturated rings. The fourth-order valence-corrected chi connectivity index (χ4v) is 4.19. The molecule has 0 saturated heterocycles. The third-order valence-corrected chi connectivity index (χ3v) is 5.51. The Balaban J connectivity index is 4.00. The molecule has 22 heavy (non-hydrogen) atoms. The number of aliphatic hydroxyl groups is 1. The molecule has 0 bridgehead atoms. The van der Waals surface area contributed by atoms with Crippen LogP contribution in [0.15, 0.2) is 0 Å². The van der Waals surface area contributed by atoms with Crippen molar-refractivity contribution < 1.29 is 14.7 Å². The second kappa shape index (κ2) is 14.3. The maximum Gasteiger partial charge on any atom is 0.238 e. The summed E-state index contributed by atoms with van der Waals surface area (Å²) < 4.78 is 0. The fourth-order valence-electron chi connectivity index (χ4n) is 1.66. The van der Waals surface area contributed by atoms with Crippen LogP contribution in [0.2, 0.25) is 0 Å². The Morgan fingerprint density at radius 2 is 1.68 bits per heavy atom. The van der Waals surface area contributed by atoms with Gasteiger partial charge in [-0.1, -0.05) is 28.5 Å². The van der Waals surface area contributed by atoms with Crippen molar-refractivity contribution >= 4 is 33.3 Å². The molecular formula is C14H29N3O3S2. The van der Waals surface area contributed by atoms with Crippen molar-refractivity contribution in [1.82, 2.24) is 16.0 Å². The minimum atomic E-state index is -0.220. The lowest BCUT2D eigenvalue weighted by Crippen LogP contribution is -2.44. The van der Waals surface area contributed by atoms with E-state index in [0.717, 1.165) is 6.42 Å². The molecule has 0 aromatic rings. The van der Waals surface area contributed by atoms with Crippen molar-refractivity contribution in [3.05, 3.63) is 0 Å². The van der Waals surface area contributed by atoms with Crippen LogP contribution in [0.3, 0.4) is 0 Å². The lowest BCUT2D eigenvalue weighted by molar-refractivity contribution is -0.122. The molecule has 8 heteroatoms. The quantitative estimate of drug-likeness (QED) is 0.266. The molecule has 1 amide bonds. The van der Waals surface area contributed by atoms with Crippen molar-refractivity contribution in [1.29, 1.82) is 0 Å². The number of carbonyl (C=O) groups is 2. The van der Waals surface area contributed by atoms with Gasteiger partial charge in [0.15, 0.2) is 5.78 Å². The highest BCUT2D eigenvalue weighted by Gasteiger charge is 2.18. The zero-order chi connectivity index (χ0) is 16.8. The van der Waals surface area contributed by atoms with Crippen molar-refractivity contribution in [2.24, 2.45) is 0 Å². The molecule has 0 saturated carbocycles. The summed E-state index contributed by atoms with van der Waals surface area (Å²) in [5.41, 5.74) is 0. The van der Waals surface area contributed by atoms with Gasteiger partial charge in [0.1, 0.15) is 0 Å². The second-order valence-corrected chi connectivity index (χ2v) is 7.39. The number of rotatable bonds is 14. The average Bonchev–Trinajstić information content (AvgIpc) is 2.53. The molecule has 0 heterocycles. The lowest BCUT2D eigenvalue weighted by atomic mass is 10.1. The molecule has 130 valence electrons. The van der Waals surface area contributed by atoms with Crippen molar-refractivity contribution in [2.75, 3.05) is 38.8 Å². The molecule has 0 unspecified atom stereocenters. The van der Waals surface area contributed by atoms with Gasteiger partial charge in [0.2, 0.25) is 5.91 Å². The highest BCUT2D eigenvalue weighted by Crippen LogP contribution is 2.23. The monoisotopic (exact) mass is 351 g/mol. The van der Waals surface area contributed by atoms with E-state index >= 15 is 0 Å². The summed E-state index contributed by atoms with van der Waals surface area (Å²) >= 11 is 0. The molecule has 0 aromatic heterocycles. The Morgan fingerprint density at radius 3 is 2.18 bits per heavy atom. The molecule has 0 radical (unpaired) electrons. The predicted octanol–water partition coefficient (Wildman–Crippen LogP) is 0.412. The number of hydrogen-bond acceptors (Lipinski definition) is 7. The van der Waals surface area contributed by atoms with Crippen LogP contribution >= 0.6 is 21.6 Å². The summed E-state index contributed by atoms with van der Waals surface area (Å²) in [6.45, 7) is 2.75. The summed E-state index contributed by atoms with van der Waals surface area (Å²) in [5.74, 6) is 1.44. The van der Waals surface area contributed by atoms with E-state index in [9.17, 15) is 9.59 Å². The van der Waals surface area contributed by atoms with Gasteiger partial charge in [-0.25, -0.2) is 0 Å². The number of amides is 1. The van der Waals surface area contributed by atoms with E-state index in [1.54, 1.807) is 35.7 Å². The largest absolute Gasteiger partial charge is 0.396 e. The van der Waals surface area contributed by atoms with E-state index in [-0.39, 0.29) is 30.4 Å². The van der Waals surface area contributed by atoms with E-state index in [4.69, 9.17) is 5.11 Å². The Morgan fingerprint density at radius 1 is 1.09 bits per heavy atom. The van der Waals surface area contributed by atoms with Crippen LogP contribution in [0.1, 0.15) is 26.2 Å². The Bertz CT molecular complexity index is 290. The summed E-state index contributed by atoms with van der Waals surface area (Å²) in [6, 6.07) is -0.423. The minimum absolute atomic E-state index is 0.0154. The molecule has 0 aliphatic heterocycles. The third kappa shape index (κ3) is 9.68. The van der Waals surface area contributed by atoms with E-state index < -0.39 is 0 Å². The number of ketones is 1. The number of aliphatic hydroxyl groups excluding tert-OH is 1. The highest BCUT2D eigenvalue weighted by molar-refractivity contribution is 8.76. The highest BCUT2D eigenvalue weighted by atomic mass is 33.1. The van der Waals surface area contributed by atoms with Crippen LogP contribution in [-0.4, -0.2) is 67.6 Å². The maximum absolute atomic E-state index is 11.9. The number of nitrogens with one attached hydrogen (secondary N) is 3. The predicted molar refractivity (Wildman–Crippen MR) is 95.2 cm³/mol. The van der Waals surface area contributed by atoms with Gasteiger partial charge in [0.05, 0.1) is 12.1 Å². The zero-order valence-electron chi connectivity index (χ0n) is 13.7. The van der Waals surface area contributed by atoms with E-state index in [0.29, 0.717) is 30.9 Å². The maximum atomic E-state index is 11.9. The molecule has 0 spiro atoms. The van der Waals surface area contributed by atoms with Crippen LogP contribution in [0.5, 0.6) is 0 Å². The lowest BCUT2D eigenvalue weighted by Gasteiger charge is -2.17. The topological polar surface area (TPSA) is 90.5 Å². The van der Waals surface area contributed by atoms with Crippen LogP contribution < -0.4 is 16.0 Å². The third-order valence-electron chi connectivity index (χ3n) is 3.09. The first-order chi connectivity index (χ1) is 10.6. The molecule has 2 atom stereocenters. The number of likely N-dealkylation sites (N-methyl/N-ethyl adjacent to an activating group) is 2. The first kappa shape index (κ1) is 21.7. The van der Waals surface area contributed by atoms with Crippen LogP contribution in [-0.2, 0) is 9.59 Å². The van der Waals surface area contributed by atoms with Gasteiger partial charge in [-0.15, -0.1) is 0 Å².